The molecule has 2 aromatic rings. The normalized spacial score (nSPS) is 13.4. The minimum absolute atomic E-state index is 0.415. The Balaban J connectivity index is 2.27. The lowest BCUT2D eigenvalue weighted by atomic mass is 10.00. The molecule has 4 nitrogen and oxygen atoms in total. The van der Waals surface area contributed by atoms with Gasteiger partial charge >= 0.3 is 6.18 Å². The zero-order valence-corrected chi connectivity index (χ0v) is 11.8. The molecule has 0 spiro atoms. The fourth-order valence-electron chi connectivity index (χ4n) is 2.27. The van der Waals surface area contributed by atoms with E-state index in [2.05, 4.69) is 10.5 Å². The van der Waals surface area contributed by atoms with Crippen LogP contribution < -0.4 is 11.3 Å². The van der Waals surface area contributed by atoms with Gasteiger partial charge in [0, 0.05) is 19.2 Å². The standard InChI is InChI=1S/C14H17F3N4/c1-9-6-12(21(2)20-9)8-13(19-18)10-4-3-5-11(7-10)14(15,16)17/h3-7,13,19H,8,18H2,1-2H3. The second-order valence-electron chi connectivity index (χ2n) is 4.95. The number of alkyl halides is 3. The third kappa shape index (κ3) is 3.62. The molecule has 0 saturated heterocycles. The van der Waals surface area contributed by atoms with E-state index < -0.39 is 17.8 Å². The molecule has 0 bridgehead atoms. The van der Waals surface area contributed by atoms with Crippen LogP contribution in [0.15, 0.2) is 30.3 Å². The van der Waals surface area contributed by atoms with Gasteiger partial charge in [0.05, 0.1) is 17.3 Å². The molecule has 1 aromatic heterocycles. The summed E-state index contributed by atoms with van der Waals surface area (Å²) in [7, 11) is 1.79. The predicted molar refractivity (Wildman–Crippen MR) is 73.2 cm³/mol. The summed E-state index contributed by atoms with van der Waals surface area (Å²) in [5.74, 6) is 5.51. The predicted octanol–water partition coefficient (Wildman–Crippen LogP) is 2.49. The Kier molecular flexibility index (Phi) is 4.34. The fourth-order valence-corrected chi connectivity index (χ4v) is 2.27. The van der Waals surface area contributed by atoms with Crippen molar-refractivity contribution in [3.63, 3.8) is 0 Å². The van der Waals surface area contributed by atoms with Crippen molar-refractivity contribution in [3.8, 4) is 0 Å². The third-order valence-electron chi connectivity index (χ3n) is 3.33. The molecule has 3 N–H and O–H groups in total. The van der Waals surface area contributed by atoms with Crippen LogP contribution in [0.5, 0.6) is 0 Å². The Hall–Kier alpha value is -1.86. The Labute approximate surface area is 120 Å². The molecular weight excluding hydrogens is 281 g/mol. The van der Waals surface area contributed by atoms with Gasteiger partial charge in [0.1, 0.15) is 0 Å². The summed E-state index contributed by atoms with van der Waals surface area (Å²) in [6, 6.07) is 6.65. The van der Waals surface area contributed by atoms with Crippen molar-refractivity contribution >= 4 is 0 Å². The van der Waals surface area contributed by atoms with Gasteiger partial charge in [-0.3, -0.25) is 16.0 Å². The highest BCUT2D eigenvalue weighted by Crippen LogP contribution is 2.31. The zero-order valence-electron chi connectivity index (χ0n) is 11.8. The molecule has 0 radical (unpaired) electrons. The molecule has 21 heavy (non-hydrogen) atoms. The van der Waals surface area contributed by atoms with Crippen molar-refractivity contribution in [2.24, 2.45) is 12.9 Å². The van der Waals surface area contributed by atoms with Crippen molar-refractivity contribution in [1.82, 2.24) is 15.2 Å². The molecule has 0 saturated carbocycles. The molecule has 0 aliphatic heterocycles. The first kappa shape index (κ1) is 15.5. The average molecular weight is 298 g/mol. The van der Waals surface area contributed by atoms with E-state index in [1.54, 1.807) is 17.8 Å². The molecular formula is C14H17F3N4. The molecule has 0 aliphatic rings. The summed E-state index contributed by atoms with van der Waals surface area (Å²) in [6.45, 7) is 1.86. The van der Waals surface area contributed by atoms with Gasteiger partial charge in [0.25, 0.3) is 0 Å². The second-order valence-corrected chi connectivity index (χ2v) is 4.95. The average Bonchev–Trinajstić information content (AvgIpc) is 2.73. The van der Waals surface area contributed by atoms with Crippen LogP contribution in [0.1, 0.15) is 28.6 Å². The van der Waals surface area contributed by atoms with Gasteiger partial charge < -0.3 is 0 Å². The van der Waals surface area contributed by atoms with E-state index in [9.17, 15) is 13.2 Å². The van der Waals surface area contributed by atoms with E-state index in [4.69, 9.17) is 5.84 Å². The van der Waals surface area contributed by atoms with Crippen LogP contribution in [0.3, 0.4) is 0 Å². The molecule has 0 fully saturated rings. The highest BCUT2D eigenvalue weighted by Gasteiger charge is 2.31. The lowest BCUT2D eigenvalue weighted by Gasteiger charge is -2.18. The van der Waals surface area contributed by atoms with E-state index in [0.29, 0.717) is 12.0 Å². The van der Waals surface area contributed by atoms with Crippen LogP contribution >= 0.6 is 0 Å². The monoisotopic (exact) mass is 298 g/mol. The van der Waals surface area contributed by atoms with Crippen LogP contribution in [-0.2, 0) is 19.6 Å². The van der Waals surface area contributed by atoms with Crippen LogP contribution in [0.25, 0.3) is 0 Å². The van der Waals surface area contributed by atoms with Crippen molar-refractivity contribution in [1.29, 1.82) is 0 Å². The van der Waals surface area contributed by atoms with Crippen LogP contribution in [0.4, 0.5) is 13.2 Å². The smallest absolute Gasteiger partial charge is 0.272 e. The fraction of sp³-hybridized carbons (Fsp3) is 0.357. The number of halogens is 3. The number of hydrogen-bond acceptors (Lipinski definition) is 3. The summed E-state index contributed by atoms with van der Waals surface area (Å²) in [6.07, 6.45) is -3.91. The third-order valence-corrected chi connectivity index (χ3v) is 3.33. The molecule has 1 aromatic carbocycles. The molecule has 1 unspecified atom stereocenters. The van der Waals surface area contributed by atoms with Gasteiger partial charge in [0.15, 0.2) is 0 Å². The first-order valence-electron chi connectivity index (χ1n) is 6.44. The Morgan fingerprint density at radius 1 is 1.33 bits per heavy atom. The highest BCUT2D eigenvalue weighted by atomic mass is 19.4. The maximum Gasteiger partial charge on any atom is 0.416 e. The number of nitrogens with two attached hydrogens (primary N) is 1. The second kappa shape index (κ2) is 5.87. The topological polar surface area (TPSA) is 55.9 Å². The van der Waals surface area contributed by atoms with Crippen molar-refractivity contribution in [2.75, 3.05) is 0 Å². The van der Waals surface area contributed by atoms with E-state index >= 15 is 0 Å². The van der Waals surface area contributed by atoms with Gasteiger partial charge in [-0.25, -0.2) is 0 Å². The lowest BCUT2D eigenvalue weighted by molar-refractivity contribution is -0.137. The van der Waals surface area contributed by atoms with Crippen LogP contribution in [0.2, 0.25) is 0 Å². The van der Waals surface area contributed by atoms with Gasteiger partial charge in [-0.05, 0) is 30.7 Å². The van der Waals surface area contributed by atoms with E-state index in [-0.39, 0.29) is 0 Å². The minimum atomic E-state index is -4.36. The highest BCUT2D eigenvalue weighted by molar-refractivity contribution is 5.29. The Morgan fingerprint density at radius 2 is 2.05 bits per heavy atom. The molecule has 2 rings (SSSR count). The number of benzene rings is 1. The number of nitrogens with zero attached hydrogens (tertiary/aromatic N) is 2. The van der Waals surface area contributed by atoms with Crippen molar-refractivity contribution in [2.45, 2.75) is 25.6 Å². The maximum atomic E-state index is 12.8. The summed E-state index contributed by atoms with van der Waals surface area (Å²) in [4.78, 5) is 0. The summed E-state index contributed by atoms with van der Waals surface area (Å²) >= 11 is 0. The molecule has 0 amide bonds. The molecule has 7 heteroatoms. The quantitative estimate of drug-likeness (QED) is 0.673. The number of nitrogens with one attached hydrogen (secondary N) is 1. The summed E-state index contributed by atoms with van der Waals surface area (Å²) in [5, 5.41) is 4.22. The lowest BCUT2D eigenvalue weighted by Crippen LogP contribution is -2.30. The SMILES string of the molecule is Cc1cc(CC(NN)c2cccc(C(F)(F)F)c2)n(C)n1. The number of hydrogen-bond donors (Lipinski definition) is 2. The summed E-state index contributed by atoms with van der Waals surface area (Å²) < 4.78 is 40.0. The Bertz CT molecular complexity index is 619. The molecule has 1 atom stereocenters. The molecule has 0 aliphatic carbocycles. The van der Waals surface area contributed by atoms with Crippen LogP contribution in [-0.4, -0.2) is 9.78 Å². The number of aromatic nitrogens is 2. The zero-order chi connectivity index (χ0) is 15.6. The first-order valence-corrected chi connectivity index (χ1v) is 6.44. The molecule has 1 heterocycles. The van der Waals surface area contributed by atoms with E-state index in [1.807, 2.05) is 13.0 Å². The van der Waals surface area contributed by atoms with E-state index in [1.165, 1.54) is 6.07 Å². The van der Waals surface area contributed by atoms with Gasteiger partial charge in [-0.2, -0.15) is 18.3 Å². The molecule has 114 valence electrons. The van der Waals surface area contributed by atoms with Gasteiger partial charge in [-0.15, -0.1) is 0 Å². The largest absolute Gasteiger partial charge is 0.416 e. The summed E-state index contributed by atoms with van der Waals surface area (Å²) in [5.41, 5.74) is 4.14. The first-order chi connectivity index (χ1) is 9.81. The minimum Gasteiger partial charge on any atom is -0.272 e. The number of aryl methyl sites for hydroxylation is 2. The van der Waals surface area contributed by atoms with Gasteiger partial charge in [-0.1, -0.05) is 12.1 Å². The Morgan fingerprint density at radius 3 is 2.57 bits per heavy atom. The maximum absolute atomic E-state index is 12.8. The number of rotatable bonds is 4. The van der Waals surface area contributed by atoms with Crippen molar-refractivity contribution in [3.05, 3.63) is 52.8 Å². The van der Waals surface area contributed by atoms with Gasteiger partial charge in [0.2, 0.25) is 0 Å². The van der Waals surface area contributed by atoms with E-state index in [0.717, 1.165) is 23.5 Å². The van der Waals surface area contributed by atoms with Crippen molar-refractivity contribution < 1.29 is 13.2 Å². The number of hydrazine groups is 1. The van der Waals surface area contributed by atoms with Crippen LogP contribution in [0, 0.1) is 6.92 Å².